The van der Waals surface area contributed by atoms with E-state index in [4.69, 9.17) is 5.11 Å². The zero-order valence-corrected chi connectivity index (χ0v) is 11.3. The molecular weight excluding hydrogens is 270 g/mol. The number of nitrogens with zero attached hydrogens (tertiary/aromatic N) is 2. The molecule has 1 saturated heterocycles. The Labute approximate surface area is 113 Å². The van der Waals surface area contributed by atoms with Crippen molar-refractivity contribution >= 4 is 29.1 Å². The number of thiazole rings is 1. The van der Waals surface area contributed by atoms with Crippen LogP contribution in [-0.4, -0.2) is 51.9 Å². The van der Waals surface area contributed by atoms with Crippen molar-refractivity contribution in [2.24, 2.45) is 0 Å². The highest BCUT2D eigenvalue weighted by molar-refractivity contribution is 7.13. The van der Waals surface area contributed by atoms with Crippen molar-refractivity contribution in [3.05, 3.63) is 15.6 Å². The Balaban J connectivity index is 2.31. The SMILES string of the molecule is Cc1nc(C)c(C(=O)N2CC(=O)NCC2C(=O)O)s1. The smallest absolute Gasteiger partial charge is 0.328 e. The molecule has 2 rings (SSSR count). The molecule has 1 unspecified atom stereocenters. The van der Waals surface area contributed by atoms with E-state index in [1.807, 2.05) is 0 Å². The molecule has 1 aromatic rings. The molecule has 19 heavy (non-hydrogen) atoms. The number of hydrogen-bond donors (Lipinski definition) is 2. The lowest BCUT2D eigenvalue weighted by Gasteiger charge is -2.32. The van der Waals surface area contributed by atoms with Crippen LogP contribution < -0.4 is 5.32 Å². The first-order valence-corrected chi connectivity index (χ1v) is 6.46. The second-order valence-corrected chi connectivity index (χ2v) is 5.44. The first-order chi connectivity index (χ1) is 8.90. The summed E-state index contributed by atoms with van der Waals surface area (Å²) in [7, 11) is 0. The number of hydrogen-bond acceptors (Lipinski definition) is 5. The third-order valence-electron chi connectivity index (χ3n) is 2.83. The van der Waals surface area contributed by atoms with Crippen LogP contribution in [0, 0.1) is 13.8 Å². The molecule has 0 aliphatic carbocycles. The minimum Gasteiger partial charge on any atom is -0.480 e. The number of carbonyl (C=O) groups excluding carboxylic acids is 2. The lowest BCUT2D eigenvalue weighted by Crippen LogP contribution is -2.59. The lowest BCUT2D eigenvalue weighted by atomic mass is 10.1. The largest absolute Gasteiger partial charge is 0.480 e. The molecule has 1 aliphatic heterocycles. The predicted octanol–water partition coefficient (Wildman–Crippen LogP) is -0.215. The number of aryl methyl sites for hydroxylation is 2. The van der Waals surface area contributed by atoms with E-state index in [1.165, 1.54) is 11.3 Å². The second-order valence-electron chi connectivity index (χ2n) is 4.24. The molecule has 0 saturated carbocycles. The summed E-state index contributed by atoms with van der Waals surface area (Å²) in [6.07, 6.45) is 0. The molecule has 1 atom stereocenters. The Kier molecular flexibility index (Phi) is 3.52. The van der Waals surface area contributed by atoms with Gasteiger partial charge in [-0.3, -0.25) is 9.59 Å². The summed E-state index contributed by atoms with van der Waals surface area (Å²) < 4.78 is 0. The minimum absolute atomic E-state index is 0.0727. The van der Waals surface area contributed by atoms with Gasteiger partial charge in [0.2, 0.25) is 5.91 Å². The van der Waals surface area contributed by atoms with Gasteiger partial charge in [-0.2, -0.15) is 0 Å². The summed E-state index contributed by atoms with van der Waals surface area (Å²) in [5, 5.41) is 12.3. The fourth-order valence-electron chi connectivity index (χ4n) is 1.94. The van der Waals surface area contributed by atoms with Gasteiger partial charge in [0, 0.05) is 6.54 Å². The monoisotopic (exact) mass is 283 g/mol. The van der Waals surface area contributed by atoms with E-state index >= 15 is 0 Å². The molecule has 0 spiro atoms. The number of piperazine rings is 1. The van der Waals surface area contributed by atoms with Gasteiger partial charge in [-0.1, -0.05) is 0 Å². The molecule has 2 heterocycles. The molecule has 2 amide bonds. The maximum absolute atomic E-state index is 12.3. The van der Waals surface area contributed by atoms with Gasteiger partial charge in [0.05, 0.1) is 10.7 Å². The van der Waals surface area contributed by atoms with Crippen LogP contribution in [0.15, 0.2) is 0 Å². The topological polar surface area (TPSA) is 99.6 Å². The highest BCUT2D eigenvalue weighted by atomic mass is 32.1. The fraction of sp³-hybridized carbons (Fsp3) is 0.455. The number of aliphatic carboxylic acids is 1. The quantitative estimate of drug-likeness (QED) is 0.782. The second kappa shape index (κ2) is 4.96. The van der Waals surface area contributed by atoms with Gasteiger partial charge in [-0.25, -0.2) is 9.78 Å². The molecule has 0 aromatic carbocycles. The fourth-order valence-corrected chi connectivity index (χ4v) is 2.81. The Morgan fingerprint density at radius 2 is 2.16 bits per heavy atom. The van der Waals surface area contributed by atoms with Crippen molar-refractivity contribution in [1.29, 1.82) is 0 Å². The molecule has 0 bridgehead atoms. The predicted molar refractivity (Wildman–Crippen MR) is 67.1 cm³/mol. The van der Waals surface area contributed by atoms with E-state index < -0.39 is 17.9 Å². The Hall–Kier alpha value is -1.96. The van der Waals surface area contributed by atoms with Gasteiger partial charge in [0.1, 0.15) is 17.5 Å². The molecule has 1 aliphatic rings. The van der Waals surface area contributed by atoms with E-state index in [0.29, 0.717) is 10.6 Å². The van der Waals surface area contributed by atoms with E-state index in [2.05, 4.69) is 10.3 Å². The van der Waals surface area contributed by atoms with E-state index in [9.17, 15) is 14.4 Å². The highest BCUT2D eigenvalue weighted by Crippen LogP contribution is 2.21. The highest BCUT2D eigenvalue weighted by Gasteiger charge is 2.36. The molecule has 1 aromatic heterocycles. The summed E-state index contributed by atoms with van der Waals surface area (Å²) in [4.78, 5) is 40.5. The first kappa shape index (κ1) is 13.5. The van der Waals surface area contributed by atoms with Crippen LogP contribution in [-0.2, 0) is 9.59 Å². The van der Waals surface area contributed by atoms with Crippen LogP contribution in [0.25, 0.3) is 0 Å². The summed E-state index contributed by atoms with van der Waals surface area (Å²) in [5.74, 6) is -1.94. The molecule has 2 N–H and O–H groups in total. The van der Waals surface area contributed by atoms with Crippen molar-refractivity contribution < 1.29 is 19.5 Å². The average Bonchev–Trinajstić information content (AvgIpc) is 2.67. The van der Waals surface area contributed by atoms with E-state index in [0.717, 1.165) is 9.91 Å². The van der Waals surface area contributed by atoms with Gasteiger partial charge < -0.3 is 15.3 Å². The van der Waals surface area contributed by atoms with E-state index in [-0.39, 0.29) is 19.0 Å². The van der Waals surface area contributed by atoms with Crippen molar-refractivity contribution in [1.82, 2.24) is 15.2 Å². The Morgan fingerprint density at radius 3 is 2.68 bits per heavy atom. The van der Waals surface area contributed by atoms with Gasteiger partial charge in [0.25, 0.3) is 5.91 Å². The van der Waals surface area contributed by atoms with Crippen molar-refractivity contribution in [2.45, 2.75) is 19.9 Å². The molecular formula is C11H13N3O4S. The van der Waals surface area contributed by atoms with E-state index in [1.54, 1.807) is 13.8 Å². The van der Waals surface area contributed by atoms with Gasteiger partial charge in [0.15, 0.2) is 0 Å². The third-order valence-corrected chi connectivity index (χ3v) is 3.89. The van der Waals surface area contributed by atoms with Crippen LogP contribution >= 0.6 is 11.3 Å². The number of aromatic nitrogens is 1. The van der Waals surface area contributed by atoms with Crippen molar-refractivity contribution in [3.8, 4) is 0 Å². The zero-order valence-electron chi connectivity index (χ0n) is 10.5. The first-order valence-electron chi connectivity index (χ1n) is 5.64. The van der Waals surface area contributed by atoms with Crippen LogP contribution in [0.2, 0.25) is 0 Å². The van der Waals surface area contributed by atoms with Crippen LogP contribution in [0.3, 0.4) is 0 Å². The number of rotatable bonds is 2. The molecule has 0 radical (unpaired) electrons. The maximum Gasteiger partial charge on any atom is 0.328 e. The number of nitrogens with one attached hydrogen (secondary N) is 1. The lowest BCUT2D eigenvalue weighted by molar-refractivity contribution is -0.144. The van der Waals surface area contributed by atoms with Gasteiger partial charge in [-0.05, 0) is 13.8 Å². The van der Waals surface area contributed by atoms with Crippen molar-refractivity contribution in [2.75, 3.05) is 13.1 Å². The summed E-state index contributed by atoms with van der Waals surface area (Å²) in [6, 6.07) is -1.04. The van der Waals surface area contributed by atoms with Gasteiger partial charge in [-0.15, -0.1) is 11.3 Å². The number of carboxylic acid groups (broad SMARTS) is 1. The number of carboxylic acids is 1. The summed E-state index contributed by atoms with van der Waals surface area (Å²) >= 11 is 1.20. The third kappa shape index (κ3) is 2.58. The summed E-state index contributed by atoms with van der Waals surface area (Å²) in [6.45, 7) is 3.14. The standard InChI is InChI=1S/C11H13N3O4S/c1-5-9(19-6(2)13-5)10(16)14-4-8(15)12-3-7(14)11(17)18/h7H,3-4H2,1-2H3,(H,12,15)(H,17,18). The molecule has 102 valence electrons. The Morgan fingerprint density at radius 1 is 1.47 bits per heavy atom. The van der Waals surface area contributed by atoms with Crippen LogP contribution in [0.5, 0.6) is 0 Å². The summed E-state index contributed by atoms with van der Waals surface area (Å²) in [5.41, 5.74) is 0.558. The molecule has 8 heteroatoms. The Bertz CT molecular complexity index is 554. The average molecular weight is 283 g/mol. The maximum atomic E-state index is 12.3. The van der Waals surface area contributed by atoms with Gasteiger partial charge >= 0.3 is 5.97 Å². The molecule has 7 nitrogen and oxygen atoms in total. The van der Waals surface area contributed by atoms with Crippen LogP contribution in [0.4, 0.5) is 0 Å². The number of amides is 2. The molecule has 1 fully saturated rings. The van der Waals surface area contributed by atoms with Crippen molar-refractivity contribution in [3.63, 3.8) is 0 Å². The normalized spacial score (nSPS) is 19.2. The number of carbonyl (C=O) groups is 3. The van der Waals surface area contributed by atoms with Crippen LogP contribution in [0.1, 0.15) is 20.4 Å². The zero-order chi connectivity index (χ0) is 14.2. The minimum atomic E-state index is -1.13.